The average Bonchev–Trinajstić information content (AvgIpc) is 3.37. The van der Waals surface area contributed by atoms with Gasteiger partial charge in [0, 0.05) is 12.6 Å². The predicted molar refractivity (Wildman–Crippen MR) is 91.0 cm³/mol. The second kappa shape index (κ2) is 6.63. The first-order chi connectivity index (χ1) is 12.1. The van der Waals surface area contributed by atoms with Crippen LogP contribution in [0.5, 0.6) is 11.5 Å². The van der Waals surface area contributed by atoms with E-state index in [4.69, 9.17) is 21.1 Å². The number of amides is 3. The molecular formula is C17H20ClN3O4. The van der Waals surface area contributed by atoms with Gasteiger partial charge in [-0.2, -0.15) is 0 Å². The van der Waals surface area contributed by atoms with Crippen LogP contribution in [0, 0.1) is 0 Å². The first-order valence-corrected chi connectivity index (χ1v) is 8.90. The van der Waals surface area contributed by atoms with E-state index >= 15 is 0 Å². The lowest BCUT2D eigenvalue weighted by Crippen LogP contribution is -2.40. The molecule has 0 spiro atoms. The highest BCUT2D eigenvalue weighted by atomic mass is 35.5. The molecule has 134 valence electrons. The molecule has 2 heterocycles. The van der Waals surface area contributed by atoms with Gasteiger partial charge in [0.2, 0.25) is 5.91 Å². The summed E-state index contributed by atoms with van der Waals surface area (Å²) in [5, 5.41) is 3.38. The predicted octanol–water partition coefficient (Wildman–Crippen LogP) is 1.63. The fourth-order valence-corrected chi connectivity index (χ4v) is 3.43. The molecule has 0 aromatic heterocycles. The van der Waals surface area contributed by atoms with Gasteiger partial charge in [0.1, 0.15) is 19.8 Å². The van der Waals surface area contributed by atoms with Crippen LogP contribution in [0.4, 0.5) is 4.79 Å². The summed E-state index contributed by atoms with van der Waals surface area (Å²) in [5.41, 5.74) is 0.964. The van der Waals surface area contributed by atoms with E-state index in [1.54, 1.807) is 9.80 Å². The number of ether oxygens (including phenoxy) is 2. The summed E-state index contributed by atoms with van der Waals surface area (Å²) in [5.74, 6) is 1.26. The van der Waals surface area contributed by atoms with Crippen LogP contribution in [-0.4, -0.2) is 60.8 Å². The second-order valence-electron chi connectivity index (χ2n) is 6.52. The molecule has 1 aromatic carbocycles. The van der Waals surface area contributed by atoms with Crippen LogP contribution in [0.25, 0.3) is 0 Å². The lowest BCUT2D eigenvalue weighted by molar-refractivity contribution is -0.127. The number of carbonyl (C=O) groups is 2. The summed E-state index contributed by atoms with van der Waals surface area (Å²) in [6.45, 7) is 2.02. The van der Waals surface area contributed by atoms with E-state index < -0.39 is 0 Å². The Morgan fingerprint density at radius 1 is 1.28 bits per heavy atom. The molecule has 2 fully saturated rings. The first-order valence-electron chi connectivity index (χ1n) is 8.52. The molecule has 1 saturated heterocycles. The van der Waals surface area contributed by atoms with Gasteiger partial charge >= 0.3 is 6.03 Å². The average molecular weight is 366 g/mol. The minimum absolute atomic E-state index is 0.0382. The van der Waals surface area contributed by atoms with Crippen LogP contribution in [0.15, 0.2) is 12.1 Å². The standard InChI is InChI=1S/C17H20ClN3O4/c18-13-7-11(8-14-16(13)25-6-5-24-14)3-4-19-17(23)20-9-15(22)21(10-20)12-1-2-12/h7-8,12H,1-6,9-10H2,(H,19,23). The van der Waals surface area contributed by atoms with Crippen molar-refractivity contribution >= 4 is 23.5 Å². The van der Waals surface area contributed by atoms with Crippen molar-refractivity contribution in [2.75, 3.05) is 33.0 Å². The molecule has 2 aliphatic heterocycles. The van der Waals surface area contributed by atoms with Gasteiger partial charge in [0.25, 0.3) is 0 Å². The fraction of sp³-hybridized carbons (Fsp3) is 0.529. The largest absolute Gasteiger partial charge is 0.486 e. The lowest BCUT2D eigenvalue weighted by Gasteiger charge is -2.20. The zero-order valence-corrected chi connectivity index (χ0v) is 14.6. The number of urea groups is 1. The number of benzene rings is 1. The van der Waals surface area contributed by atoms with E-state index in [-0.39, 0.29) is 18.5 Å². The summed E-state index contributed by atoms with van der Waals surface area (Å²) in [6.07, 6.45) is 2.72. The Balaban J connectivity index is 1.30. The van der Waals surface area contributed by atoms with Gasteiger partial charge in [-0.25, -0.2) is 4.79 Å². The Morgan fingerprint density at radius 2 is 2.08 bits per heavy atom. The van der Waals surface area contributed by atoms with E-state index in [0.29, 0.717) is 55.4 Å². The number of halogens is 1. The maximum absolute atomic E-state index is 12.2. The van der Waals surface area contributed by atoms with Crippen LogP contribution < -0.4 is 14.8 Å². The zero-order chi connectivity index (χ0) is 17.4. The number of rotatable bonds is 4. The van der Waals surface area contributed by atoms with Crippen LogP contribution in [0.2, 0.25) is 5.02 Å². The normalized spacial score (nSPS) is 19.3. The number of hydrogen-bond donors (Lipinski definition) is 1. The molecule has 1 saturated carbocycles. The van der Waals surface area contributed by atoms with Crippen molar-refractivity contribution in [2.45, 2.75) is 25.3 Å². The molecule has 3 aliphatic rings. The molecular weight excluding hydrogens is 346 g/mol. The monoisotopic (exact) mass is 365 g/mol. The molecule has 0 unspecified atom stereocenters. The van der Waals surface area contributed by atoms with Crippen molar-refractivity contribution < 1.29 is 19.1 Å². The highest BCUT2D eigenvalue weighted by molar-refractivity contribution is 6.32. The van der Waals surface area contributed by atoms with E-state index in [2.05, 4.69) is 5.32 Å². The maximum Gasteiger partial charge on any atom is 0.319 e. The summed E-state index contributed by atoms with van der Waals surface area (Å²) >= 11 is 6.22. The van der Waals surface area contributed by atoms with Crippen LogP contribution >= 0.6 is 11.6 Å². The van der Waals surface area contributed by atoms with Crippen LogP contribution in [-0.2, 0) is 11.2 Å². The van der Waals surface area contributed by atoms with E-state index in [9.17, 15) is 9.59 Å². The number of nitrogens with one attached hydrogen (secondary N) is 1. The molecule has 0 radical (unpaired) electrons. The molecule has 1 aromatic rings. The van der Waals surface area contributed by atoms with Gasteiger partial charge in [-0.05, 0) is 37.0 Å². The Hall–Kier alpha value is -2.15. The van der Waals surface area contributed by atoms with Gasteiger partial charge in [0.05, 0.1) is 11.7 Å². The quantitative estimate of drug-likeness (QED) is 0.880. The summed E-state index contributed by atoms with van der Waals surface area (Å²) in [4.78, 5) is 27.5. The smallest absolute Gasteiger partial charge is 0.319 e. The van der Waals surface area contributed by atoms with Crippen molar-refractivity contribution in [1.29, 1.82) is 0 Å². The lowest BCUT2D eigenvalue weighted by atomic mass is 10.1. The van der Waals surface area contributed by atoms with Crippen molar-refractivity contribution in [3.63, 3.8) is 0 Å². The highest BCUT2D eigenvalue weighted by Crippen LogP contribution is 2.38. The summed E-state index contributed by atoms with van der Waals surface area (Å²) in [7, 11) is 0. The van der Waals surface area contributed by atoms with Crippen molar-refractivity contribution in [1.82, 2.24) is 15.1 Å². The number of nitrogens with zero attached hydrogens (tertiary/aromatic N) is 2. The fourth-order valence-electron chi connectivity index (χ4n) is 3.14. The molecule has 25 heavy (non-hydrogen) atoms. The van der Waals surface area contributed by atoms with Gasteiger partial charge in [-0.3, -0.25) is 9.69 Å². The number of fused-ring (bicyclic) bond motifs is 1. The molecule has 8 heteroatoms. The van der Waals surface area contributed by atoms with Gasteiger partial charge in [-0.1, -0.05) is 11.6 Å². The van der Waals surface area contributed by atoms with Gasteiger partial charge in [-0.15, -0.1) is 0 Å². The Bertz CT molecular complexity index is 707. The maximum atomic E-state index is 12.2. The van der Waals surface area contributed by atoms with Crippen LogP contribution in [0.3, 0.4) is 0 Å². The molecule has 4 rings (SSSR count). The van der Waals surface area contributed by atoms with Crippen molar-refractivity contribution in [2.24, 2.45) is 0 Å². The molecule has 0 bridgehead atoms. The molecule has 1 aliphatic carbocycles. The third-order valence-electron chi connectivity index (χ3n) is 4.59. The van der Waals surface area contributed by atoms with E-state index in [1.165, 1.54) is 0 Å². The molecule has 0 atom stereocenters. The second-order valence-corrected chi connectivity index (χ2v) is 6.93. The minimum Gasteiger partial charge on any atom is -0.486 e. The van der Waals surface area contributed by atoms with Gasteiger partial charge in [0.15, 0.2) is 11.5 Å². The first kappa shape index (κ1) is 16.3. The Labute approximate surface area is 150 Å². The van der Waals surface area contributed by atoms with Gasteiger partial charge < -0.3 is 19.7 Å². The highest BCUT2D eigenvalue weighted by Gasteiger charge is 2.39. The molecule has 7 nitrogen and oxygen atoms in total. The Kier molecular flexibility index (Phi) is 4.33. The van der Waals surface area contributed by atoms with E-state index in [1.807, 2.05) is 12.1 Å². The third kappa shape index (κ3) is 3.46. The summed E-state index contributed by atoms with van der Waals surface area (Å²) in [6, 6.07) is 3.85. The zero-order valence-electron chi connectivity index (χ0n) is 13.8. The number of carbonyl (C=O) groups excluding carboxylic acids is 2. The number of hydrogen-bond acceptors (Lipinski definition) is 4. The molecule has 3 amide bonds. The summed E-state index contributed by atoms with van der Waals surface area (Å²) < 4.78 is 11.1. The molecule has 1 N–H and O–H groups in total. The minimum atomic E-state index is -0.208. The Morgan fingerprint density at radius 3 is 2.88 bits per heavy atom. The SMILES string of the molecule is O=C(NCCc1cc(Cl)c2c(c1)OCCO2)N1CC(=O)N(C2CC2)C1. The van der Waals surface area contributed by atoms with E-state index in [0.717, 1.165) is 18.4 Å². The topological polar surface area (TPSA) is 71.1 Å². The van der Waals surface area contributed by atoms with Crippen LogP contribution in [0.1, 0.15) is 18.4 Å². The van der Waals surface area contributed by atoms with Crippen molar-refractivity contribution in [3.8, 4) is 11.5 Å². The third-order valence-corrected chi connectivity index (χ3v) is 4.87. The van der Waals surface area contributed by atoms with Crippen molar-refractivity contribution in [3.05, 3.63) is 22.7 Å².